The predicted octanol–water partition coefficient (Wildman–Crippen LogP) is 3.82. The number of nitrogens with zero attached hydrogens (tertiary/aromatic N) is 3. The van der Waals surface area contributed by atoms with E-state index in [1.54, 1.807) is 17.0 Å². The van der Waals surface area contributed by atoms with Gasteiger partial charge in [0.2, 0.25) is 11.8 Å². The first kappa shape index (κ1) is 25.7. The lowest BCUT2D eigenvalue weighted by Crippen LogP contribution is -2.54. The number of carbonyl (C=O) groups is 3. The molecule has 0 radical (unpaired) electrons. The van der Waals surface area contributed by atoms with Crippen molar-refractivity contribution in [3.8, 4) is 0 Å². The van der Waals surface area contributed by atoms with Gasteiger partial charge in [0, 0.05) is 37.8 Å². The summed E-state index contributed by atoms with van der Waals surface area (Å²) in [5.74, 6) is -0.295. The van der Waals surface area contributed by atoms with Crippen molar-refractivity contribution in [1.82, 2.24) is 14.7 Å². The Bertz CT molecular complexity index is 1090. The normalized spacial score (nSPS) is 20.5. The van der Waals surface area contributed by atoms with Crippen LogP contribution in [0.2, 0.25) is 0 Å². The first-order chi connectivity index (χ1) is 17.3. The van der Waals surface area contributed by atoms with Crippen molar-refractivity contribution in [2.45, 2.75) is 46.4 Å². The Hall–Kier alpha value is -3.39. The van der Waals surface area contributed by atoms with E-state index >= 15 is 0 Å². The number of anilines is 1. The number of hydrogen-bond donors (Lipinski definition) is 1. The lowest BCUT2D eigenvalue weighted by Gasteiger charge is -2.37. The Labute approximate surface area is 213 Å². The van der Waals surface area contributed by atoms with E-state index < -0.39 is 18.2 Å². The molecule has 2 aliphatic heterocycles. The summed E-state index contributed by atoms with van der Waals surface area (Å²) < 4.78 is 5.84. The van der Waals surface area contributed by atoms with Crippen molar-refractivity contribution in [3.63, 3.8) is 0 Å². The van der Waals surface area contributed by atoms with Crippen LogP contribution in [0, 0.1) is 12.8 Å². The topological polar surface area (TPSA) is 82.2 Å². The standard InChI is InChI=1S/C28H36N4O4/c1-5-30-14-16-31(17-15-30)27(34)24-25(21-10-12-23(13-11-21)29-26(33)19(2)3)36-28(35)32(24)18-22-9-7-6-8-20(22)4/h6-13,19,24-25H,5,14-18H2,1-4H3,(H,29,33). The Morgan fingerprint density at radius 1 is 1.03 bits per heavy atom. The number of hydrogen-bond acceptors (Lipinski definition) is 5. The van der Waals surface area contributed by atoms with Crippen LogP contribution in [0.1, 0.15) is 43.6 Å². The first-order valence-corrected chi connectivity index (χ1v) is 12.7. The lowest BCUT2D eigenvalue weighted by molar-refractivity contribution is -0.138. The first-order valence-electron chi connectivity index (χ1n) is 12.7. The van der Waals surface area contributed by atoms with Crippen LogP contribution in [0.3, 0.4) is 0 Å². The van der Waals surface area contributed by atoms with Gasteiger partial charge in [-0.3, -0.25) is 14.5 Å². The molecule has 4 rings (SSSR count). The minimum absolute atomic E-state index is 0.0706. The minimum Gasteiger partial charge on any atom is -0.438 e. The van der Waals surface area contributed by atoms with Gasteiger partial charge in [-0.2, -0.15) is 0 Å². The molecule has 3 amide bonds. The molecular formula is C28H36N4O4. The molecule has 8 nitrogen and oxygen atoms in total. The second-order valence-electron chi connectivity index (χ2n) is 9.83. The number of nitrogens with one attached hydrogen (secondary N) is 1. The van der Waals surface area contributed by atoms with Gasteiger partial charge in [0.1, 0.15) is 0 Å². The highest BCUT2D eigenvalue weighted by Crippen LogP contribution is 2.36. The van der Waals surface area contributed by atoms with Crippen molar-refractivity contribution in [3.05, 3.63) is 65.2 Å². The van der Waals surface area contributed by atoms with E-state index in [1.807, 2.05) is 62.1 Å². The maximum Gasteiger partial charge on any atom is 0.411 e. The molecular weight excluding hydrogens is 456 g/mol. The van der Waals surface area contributed by atoms with E-state index in [1.165, 1.54) is 0 Å². The van der Waals surface area contributed by atoms with Crippen LogP contribution in [-0.4, -0.2) is 71.4 Å². The van der Waals surface area contributed by atoms with Crippen LogP contribution < -0.4 is 5.32 Å². The van der Waals surface area contributed by atoms with Gasteiger partial charge >= 0.3 is 6.09 Å². The van der Waals surface area contributed by atoms with Crippen molar-refractivity contribution >= 4 is 23.6 Å². The fraction of sp³-hybridized carbons (Fsp3) is 0.464. The molecule has 2 heterocycles. The summed E-state index contributed by atoms with van der Waals surface area (Å²) in [5.41, 5.74) is 3.43. The number of rotatable bonds is 7. The van der Waals surface area contributed by atoms with Crippen LogP contribution in [0.5, 0.6) is 0 Å². The minimum atomic E-state index is -0.763. The average molecular weight is 493 g/mol. The summed E-state index contributed by atoms with van der Waals surface area (Å²) in [6.07, 6.45) is -1.22. The Balaban J connectivity index is 1.61. The van der Waals surface area contributed by atoms with Gasteiger partial charge in [-0.25, -0.2) is 4.79 Å². The third-order valence-electron chi connectivity index (χ3n) is 7.10. The largest absolute Gasteiger partial charge is 0.438 e. The number of amides is 3. The third-order valence-corrected chi connectivity index (χ3v) is 7.10. The van der Waals surface area contributed by atoms with Gasteiger partial charge in [-0.05, 0) is 42.3 Å². The summed E-state index contributed by atoms with van der Waals surface area (Å²) in [4.78, 5) is 44.8. The second-order valence-corrected chi connectivity index (χ2v) is 9.83. The van der Waals surface area contributed by atoms with Crippen LogP contribution in [0.15, 0.2) is 48.5 Å². The zero-order valence-electron chi connectivity index (χ0n) is 21.6. The Morgan fingerprint density at radius 2 is 1.69 bits per heavy atom. The van der Waals surface area contributed by atoms with E-state index in [-0.39, 0.29) is 17.7 Å². The number of ether oxygens (including phenoxy) is 1. The number of cyclic esters (lactones) is 1. The highest BCUT2D eigenvalue weighted by atomic mass is 16.6. The van der Waals surface area contributed by atoms with E-state index in [0.717, 1.165) is 36.3 Å². The van der Waals surface area contributed by atoms with Crippen LogP contribution in [0.4, 0.5) is 10.5 Å². The van der Waals surface area contributed by atoms with E-state index in [2.05, 4.69) is 17.1 Å². The molecule has 0 aliphatic carbocycles. The molecule has 2 aliphatic rings. The van der Waals surface area contributed by atoms with Crippen LogP contribution in [0.25, 0.3) is 0 Å². The number of aryl methyl sites for hydroxylation is 1. The third kappa shape index (κ3) is 5.54. The second kappa shape index (κ2) is 11.1. The molecule has 1 N–H and O–H groups in total. The Kier molecular flexibility index (Phi) is 7.94. The smallest absolute Gasteiger partial charge is 0.411 e. The van der Waals surface area contributed by atoms with Crippen molar-refractivity contribution in [2.24, 2.45) is 5.92 Å². The molecule has 2 fully saturated rings. The zero-order chi connectivity index (χ0) is 25.8. The molecule has 0 saturated carbocycles. The number of likely N-dealkylation sites (N-methyl/N-ethyl adjacent to an activating group) is 1. The molecule has 0 spiro atoms. The SMILES string of the molecule is CCN1CCN(C(=O)C2C(c3ccc(NC(=O)C(C)C)cc3)OC(=O)N2Cc2ccccc2C)CC1. The molecule has 192 valence electrons. The van der Waals surface area contributed by atoms with E-state index in [9.17, 15) is 14.4 Å². The number of piperazine rings is 1. The van der Waals surface area contributed by atoms with E-state index in [0.29, 0.717) is 25.3 Å². The molecule has 2 atom stereocenters. The molecule has 0 aromatic heterocycles. The van der Waals surface area contributed by atoms with Gasteiger partial charge in [0.15, 0.2) is 12.1 Å². The summed E-state index contributed by atoms with van der Waals surface area (Å²) in [6.45, 7) is 11.9. The fourth-order valence-electron chi connectivity index (χ4n) is 4.68. The van der Waals surface area contributed by atoms with Gasteiger partial charge in [-0.15, -0.1) is 0 Å². The number of carbonyl (C=O) groups excluding carboxylic acids is 3. The maximum atomic E-state index is 13.9. The van der Waals surface area contributed by atoms with Gasteiger partial charge < -0.3 is 19.9 Å². The van der Waals surface area contributed by atoms with Crippen molar-refractivity contribution in [1.29, 1.82) is 0 Å². The average Bonchev–Trinajstić information content (AvgIpc) is 3.21. The fourth-order valence-corrected chi connectivity index (χ4v) is 4.68. The summed E-state index contributed by atoms with van der Waals surface area (Å²) >= 11 is 0. The highest BCUT2D eigenvalue weighted by Gasteiger charge is 2.48. The number of benzene rings is 2. The van der Waals surface area contributed by atoms with Crippen molar-refractivity contribution < 1.29 is 19.1 Å². The monoisotopic (exact) mass is 492 g/mol. The van der Waals surface area contributed by atoms with Gasteiger partial charge in [0.05, 0.1) is 6.54 Å². The molecule has 8 heteroatoms. The molecule has 0 bridgehead atoms. The highest BCUT2D eigenvalue weighted by molar-refractivity contribution is 5.92. The van der Waals surface area contributed by atoms with Crippen molar-refractivity contribution in [2.75, 3.05) is 38.0 Å². The Morgan fingerprint density at radius 3 is 2.31 bits per heavy atom. The zero-order valence-corrected chi connectivity index (χ0v) is 21.6. The molecule has 2 saturated heterocycles. The van der Waals surface area contributed by atoms with Gasteiger partial charge in [0.25, 0.3) is 0 Å². The summed E-state index contributed by atoms with van der Waals surface area (Å²) in [6, 6.07) is 14.3. The molecule has 2 aromatic rings. The molecule has 2 aromatic carbocycles. The van der Waals surface area contributed by atoms with Gasteiger partial charge in [-0.1, -0.05) is 57.2 Å². The maximum absolute atomic E-state index is 13.9. The quantitative estimate of drug-likeness (QED) is 0.636. The predicted molar refractivity (Wildman–Crippen MR) is 138 cm³/mol. The van der Waals surface area contributed by atoms with Crippen LogP contribution >= 0.6 is 0 Å². The van der Waals surface area contributed by atoms with Crippen LogP contribution in [-0.2, 0) is 20.9 Å². The molecule has 2 unspecified atom stereocenters. The van der Waals surface area contributed by atoms with E-state index in [4.69, 9.17) is 4.74 Å². The lowest BCUT2D eigenvalue weighted by atomic mass is 9.99. The molecule has 36 heavy (non-hydrogen) atoms. The summed E-state index contributed by atoms with van der Waals surface area (Å²) in [7, 11) is 0. The summed E-state index contributed by atoms with van der Waals surface area (Å²) in [5, 5.41) is 2.87.